The van der Waals surface area contributed by atoms with Crippen molar-refractivity contribution in [2.75, 3.05) is 31.5 Å². The fourth-order valence-corrected chi connectivity index (χ4v) is 5.28. The molecule has 2 aromatic carbocycles. The van der Waals surface area contributed by atoms with Crippen molar-refractivity contribution in [3.63, 3.8) is 0 Å². The number of anilines is 1. The molecule has 2 aliphatic heterocycles. The second-order valence-corrected chi connectivity index (χ2v) is 9.56. The van der Waals surface area contributed by atoms with Crippen LogP contribution in [-0.2, 0) is 0 Å². The first-order chi connectivity index (χ1) is 16.6. The van der Waals surface area contributed by atoms with Crippen LogP contribution in [0.25, 0.3) is 0 Å². The van der Waals surface area contributed by atoms with Crippen LogP contribution in [0.3, 0.4) is 0 Å². The molecule has 1 unspecified atom stereocenters. The second-order valence-electron chi connectivity index (χ2n) is 9.56. The zero-order valence-corrected chi connectivity index (χ0v) is 19.3. The highest BCUT2D eigenvalue weighted by molar-refractivity contribution is 6.32. The molecule has 6 rings (SSSR count). The van der Waals surface area contributed by atoms with Gasteiger partial charge >= 0.3 is 0 Å². The molecule has 6 heteroatoms. The lowest BCUT2D eigenvalue weighted by molar-refractivity contribution is -0.362. The van der Waals surface area contributed by atoms with Crippen LogP contribution in [0.4, 0.5) is 11.4 Å². The highest BCUT2D eigenvalue weighted by Gasteiger charge is 2.41. The number of hydrogen-bond donors (Lipinski definition) is 2. The molecule has 2 N–H and O–H groups in total. The number of likely N-dealkylation sites (tertiary alicyclic amines) is 1. The van der Waals surface area contributed by atoms with Crippen LogP contribution in [0.2, 0.25) is 0 Å². The normalized spacial score (nSPS) is 21.2. The molecule has 0 saturated carbocycles. The van der Waals surface area contributed by atoms with Crippen LogP contribution in [0, 0.1) is 5.92 Å². The Bertz CT molecular complexity index is 1280. The molecule has 0 bridgehead atoms. The first-order valence-electron chi connectivity index (χ1n) is 12.1. The van der Waals surface area contributed by atoms with Crippen LogP contribution in [0.5, 0.6) is 5.75 Å². The number of hydrogen-bond acceptors (Lipinski definition) is 5. The average molecular weight is 455 g/mol. The third kappa shape index (κ3) is 3.49. The molecule has 0 aromatic heterocycles. The number of fused-ring (bicyclic) bond motifs is 5. The van der Waals surface area contributed by atoms with E-state index in [0.717, 1.165) is 31.3 Å². The van der Waals surface area contributed by atoms with E-state index in [1.165, 1.54) is 12.8 Å². The molecule has 0 spiro atoms. The van der Waals surface area contributed by atoms with E-state index < -0.39 is 0 Å². The van der Waals surface area contributed by atoms with Crippen molar-refractivity contribution in [2.24, 2.45) is 5.92 Å². The van der Waals surface area contributed by atoms with Crippen molar-refractivity contribution in [3.05, 3.63) is 76.9 Å². The third-order valence-electron chi connectivity index (χ3n) is 7.28. The van der Waals surface area contributed by atoms with Crippen LogP contribution < -0.4 is 15.0 Å². The predicted octanol–water partition coefficient (Wildman–Crippen LogP) is 2.65. The fraction of sp³-hybridized carbons (Fsp3) is 0.321. The van der Waals surface area contributed by atoms with E-state index in [0.29, 0.717) is 45.9 Å². The SMILES string of the molecule is CC1CCN(CCNc2cc3c(c4c2C(=O)c2ccccc2C4=O)[NH+]=C2C=CC=CC2O3)CC1. The molecule has 34 heavy (non-hydrogen) atoms. The minimum absolute atomic E-state index is 0.129. The molecule has 0 radical (unpaired) electrons. The Morgan fingerprint density at radius 3 is 2.56 bits per heavy atom. The number of nitrogens with one attached hydrogen (secondary N) is 2. The number of benzene rings is 2. The number of carbonyl (C=O) groups is 2. The maximum Gasteiger partial charge on any atom is 0.258 e. The van der Waals surface area contributed by atoms with Gasteiger partial charge in [-0.3, -0.25) is 9.59 Å². The van der Waals surface area contributed by atoms with Crippen molar-refractivity contribution in [3.8, 4) is 5.75 Å². The van der Waals surface area contributed by atoms with E-state index in [-0.39, 0.29) is 17.7 Å². The standard InChI is InChI=1S/C28H27N3O3/c1-17-10-13-31(14-11-17)15-12-29-21-16-23-26(30-20-8-4-5-9-22(20)34-23)25-24(21)27(32)18-6-2-3-7-19(18)28(25)33/h2-9,16-17,22,29H,10-15H2,1H3/p+1. The molecular formula is C28H28N3O3+. The zero-order chi connectivity index (χ0) is 23.2. The molecule has 1 fully saturated rings. The lowest BCUT2D eigenvalue weighted by atomic mass is 9.81. The first kappa shape index (κ1) is 21.1. The highest BCUT2D eigenvalue weighted by atomic mass is 16.5. The first-order valence-corrected chi connectivity index (χ1v) is 12.1. The highest BCUT2D eigenvalue weighted by Crippen LogP contribution is 2.41. The lowest BCUT2D eigenvalue weighted by Gasteiger charge is -2.30. The van der Waals surface area contributed by atoms with E-state index in [4.69, 9.17) is 4.74 Å². The van der Waals surface area contributed by atoms with Gasteiger partial charge in [0, 0.05) is 36.4 Å². The van der Waals surface area contributed by atoms with Gasteiger partial charge in [-0.2, -0.15) is 0 Å². The molecule has 0 amide bonds. The van der Waals surface area contributed by atoms with E-state index in [1.54, 1.807) is 24.3 Å². The number of carbonyl (C=O) groups excluding carboxylic acids is 2. The Morgan fingerprint density at radius 2 is 1.79 bits per heavy atom. The maximum absolute atomic E-state index is 13.7. The smallest absolute Gasteiger partial charge is 0.258 e. The Morgan fingerprint density at radius 1 is 1.06 bits per heavy atom. The summed E-state index contributed by atoms with van der Waals surface area (Å²) in [4.78, 5) is 33.2. The largest absolute Gasteiger partial charge is 0.468 e. The topological polar surface area (TPSA) is 72.6 Å². The molecule has 2 aliphatic carbocycles. The van der Waals surface area contributed by atoms with E-state index >= 15 is 0 Å². The van der Waals surface area contributed by atoms with Gasteiger partial charge in [-0.25, -0.2) is 4.99 Å². The minimum Gasteiger partial charge on any atom is -0.468 e. The van der Waals surface area contributed by atoms with Gasteiger partial charge in [0.25, 0.3) is 5.69 Å². The van der Waals surface area contributed by atoms with Crippen molar-refractivity contribution >= 4 is 28.7 Å². The summed E-state index contributed by atoms with van der Waals surface area (Å²) in [5.74, 6) is 1.09. The summed E-state index contributed by atoms with van der Waals surface area (Å²) in [7, 11) is 0. The Balaban J connectivity index is 1.40. The van der Waals surface area contributed by atoms with Gasteiger partial charge in [-0.15, -0.1) is 0 Å². The number of piperidine rings is 1. The second kappa shape index (κ2) is 8.37. The van der Waals surface area contributed by atoms with Crippen LogP contribution in [0.1, 0.15) is 51.6 Å². The lowest BCUT2D eigenvalue weighted by Crippen LogP contribution is -2.72. The summed E-state index contributed by atoms with van der Waals surface area (Å²) in [5, 5.41) is 3.47. The summed E-state index contributed by atoms with van der Waals surface area (Å²) < 4.78 is 6.27. The molecule has 2 heterocycles. The van der Waals surface area contributed by atoms with Gasteiger partial charge in [-0.1, -0.05) is 43.3 Å². The molecule has 2 aromatic rings. The van der Waals surface area contributed by atoms with E-state index in [2.05, 4.69) is 22.1 Å². The van der Waals surface area contributed by atoms with E-state index in [9.17, 15) is 9.59 Å². The molecule has 4 aliphatic rings. The zero-order valence-electron chi connectivity index (χ0n) is 19.3. The van der Waals surface area contributed by atoms with Crippen molar-refractivity contribution in [2.45, 2.75) is 25.9 Å². The molecular weight excluding hydrogens is 426 g/mol. The molecule has 6 nitrogen and oxygen atoms in total. The molecule has 1 atom stereocenters. The van der Waals surface area contributed by atoms with Crippen molar-refractivity contribution in [1.82, 2.24) is 4.90 Å². The number of ketones is 2. The third-order valence-corrected chi connectivity index (χ3v) is 7.28. The van der Waals surface area contributed by atoms with Gasteiger partial charge in [0.15, 0.2) is 11.5 Å². The van der Waals surface area contributed by atoms with Gasteiger partial charge in [0.05, 0.1) is 11.3 Å². The number of rotatable bonds is 4. The van der Waals surface area contributed by atoms with Gasteiger partial charge in [-0.05, 0) is 37.9 Å². The van der Waals surface area contributed by atoms with Crippen LogP contribution in [0.15, 0.2) is 54.6 Å². The Labute approximate surface area is 199 Å². The summed E-state index contributed by atoms with van der Waals surface area (Å²) in [6.45, 7) is 6.10. The van der Waals surface area contributed by atoms with Gasteiger partial charge in [0.2, 0.25) is 17.6 Å². The Kier molecular flexibility index (Phi) is 5.18. The molecule has 172 valence electrons. The summed E-state index contributed by atoms with van der Waals surface area (Å²) in [5.41, 5.74) is 3.81. The monoisotopic (exact) mass is 454 g/mol. The van der Waals surface area contributed by atoms with E-state index in [1.807, 2.05) is 30.4 Å². The van der Waals surface area contributed by atoms with Gasteiger partial charge in [0.1, 0.15) is 5.56 Å². The maximum atomic E-state index is 13.7. The van der Waals surface area contributed by atoms with Gasteiger partial charge < -0.3 is 15.0 Å². The average Bonchev–Trinajstić information content (AvgIpc) is 2.86. The number of nitrogens with zero attached hydrogens (tertiary/aromatic N) is 1. The van der Waals surface area contributed by atoms with Crippen molar-refractivity contribution in [1.29, 1.82) is 0 Å². The summed E-state index contributed by atoms with van der Waals surface area (Å²) in [6.07, 6.45) is 9.99. The fourth-order valence-electron chi connectivity index (χ4n) is 5.28. The van der Waals surface area contributed by atoms with Crippen LogP contribution in [-0.4, -0.2) is 54.5 Å². The predicted molar refractivity (Wildman–Crippen MR) is 131 cm³/mol. The quantitative estimate of drug-likeness (QED) is 0.634. The Hall–Kier alpha value is -3.51. The number of ether oxygens (including phenoxy) is 1. The molecule has 1 saturated heterocycles. The van der Waals surface area contributed by atoms with Crippen LogP contribution >= 0.6 is 0 Å². The minimum atomic E-state index is -0.236. The summed E-state index contributed by atoms with van der Waals surface area (Å²) >= 11 is 0. The number of allylic oxidation sites excluding steroid dienone is 2. The summed E-state index contributed by atoms with van der Waals surface area (Å²) in [6, 6.07) is 8.94. The van der Waals surface area contributed by atoms with Crippen molar-refractivity contribution < 1.29 is 19.3 Å².